The average molecular weight is 158 g/mol. The summed E-state index contributed by atoms with van der Waals surface area (Å²) in [7, 11) is 0. The van der Waals surface area contributed by atoms with Gasteiger partial charge in [-0.15, -0.1) is 0 Å². The predicted molar refractivity (Wildman–Crippen MR) is 44.7 cm³/mol. The second-order valence-electron chi connectivity index (χ2n) is 3.17. The summed E-state index contributed by atoms with van der Waals surface area (Å²) in [6, 6.07) is 0. The van der Waals surface area contributed by atoms with Gasteiger partial charge in [-0.1, -0.05) is 12.8 Å². The van der Waals surface area contributed by atoms with Gasteiger partial charge in [-0.05, 0) is 19.8 Å². The molecule has 11 heavy (non-hydrogen) atoms. The van der Waals surface area contributed by atoms with Crippen LogP contribution < -0.4 is 0 Å². The molecule has 1 aliphatic rings. The Morgan fingerprint density at radius 1 is 1.00 bits per heavy atom. The Bertz CT molecular complexity index is 83.6. The molecule has 0 saturated carbocycles. The third kappa shape index (κ3) is 4.38. The molecule has 1 aliphatic heterocycles. The highest BCUT2D eigenvalue weighted by molar-refractivity contribution is 4.51. The van der Waals surface area contributed by atoms with Gasteiger partial charge >= 0.3 is 0 Å². The van der Waals surface area contributed by atoms with Crippen LogP contribution in [0.5, 0.6) is 0 Å². The van der Waals surface area contributed by atoms with Crippen molar-refractivity contribution in [2.75, 3.05) is 19.8 Å². The summed E-state index contributed by atoms with van der Waals surface area (Å²) in [5.41, 5.74) is 0. The molecule has 2 heteroatoms. The summed E-state index contributed by atoms with van der Waals surface area (Å²) in [6.45, 7) is 4.65. The van der Waals surface area contributed by atoms with Crippen molar-refractivity contribution in [2.45, 2.75) is 38.7 Å². The molecule has 66 valence electrons. The number of rotatable bonds is 0. The molecule has 0 aromatic rings. The summed E-state index contributed by atoms with van der Waals surface area (Å²) in [5.74, 6) is 0. The van der Waals surface area contributed by atoms with Crippen molar-refractivity contribution in [3.8, 4) is 0 Å². The third-order valence-electron chi connectivity index (χ3n) is 1.94. The van der Waals surface area contributed by atoms with E-state index in [2.05, 4.69) is 6.92 Å². The zero-order valence-corrected chi connectivity index (χ0v) is 7.34. The Hall–Kier alpha value is -0.0800. The molecule has 0 spiro atoms. The van der Waals surface area contributed by atoms with Gasteiger partial charge in [-0.3, -0.25) is 0 Å². The van der Waals surface area contributed by atoms with Gasteiger partial charge in [0.25, 0.3) is 0 Å². The van der Waals surface area contributed by atoms with Crippen molar-refractivity contribution in [3.05, 3.63) is 0 Å². The maximum Gasteiger partial charge on any atom is 0.0780 e. The van der Waals surface area contributed by atoms with Gasteiger partial charge in [-0.25, -0.2) is 0 Å². The average Bonchev–Trinajstić information content (AvgIpc) is 2.03. The minimum atomic E-state index is 0.285. The molecular formula is C9H18O2. The zero-order chi connectivity index (χ0) is 7.94. The van der Waals surface area contributed by atoms with Crippen LogP contribution in [0.2, 0.25) is 0 Å². The highest BCUT2D eigenvalue weighted by Gasteiger charge is 2.03. The van der Waals surface area contributed by atoms with E-state index in [0.717, 1.165) is 19.8 Å². The van der Waals surface area contributed by atoms with Crippen molar-refractivity contribution in [3.63, 3.8) is 0 Å². The highest BCUT2D eigenvalue weighted by Crippen LogP contribution is 2.05. The van der Waals surface area contributed by atoms with Crippen LogP contribution in [0.1, 0.15) is 32.6 Å². The van der Waals surface area contributed by atoms with E-state index >= 15 is 0 Å². The fourth-order valence-corrected chi connectivity index (χ4v) is 1.24. The van der Waals surface area contributed by atoms with Gasteiger partial charge in [0.1, 0.15) is 0 Å². The van der Waals surface area contributed by atoms with Crippen LogP contribution in [0.3, 0.4) is 0 Å². The molecule has 1 unspecified atom stereocenters. The normalized spacial score (nSPS) is 29.7. The van der Waals surface area contributed by atoms with E-state index in [4.69, 9.17) is 9.47 Å². The monoisotopic (exact) mass is 158 g/mol. The fraction of sp³-hybridized carbons (Fsp3) is 1.00. The first-order valence-corrected chi connectivity index (χ1v) is 4.59. The van der Waals surface area contributed by atoms with E-state index in [-0.39, 0.29) is 6.10 Å². The minimum Gasteiger partial charge on any atom is -0.379 e. The number of hydrogen-bond donors (Lipinski definition) is 0. The maximum absolute atomic E-state index is 5.49. The number of ether oxygens (including phenoxy) is 2. The SMILES string of the molecule is CC1COCCCCCCO1. The van der Waals surface area contributed by atoms with E-state index in [1.54, 1.807) is 0 Å². The topological polar surface area (TPSA) is 18.5 Å². The lowest BCUT2D eigenvalue weighted by molar-refractivity contribution is -0.0136. The van der Waals surface area contributed by atoms with Crippen LogP contribution in [-0.2, 0) is 9.47 Å². The standard InChI is InChI=1S/C9H18O2/c1-9-8-10-6-4-2-3-5-7-11-9/h9H,2-8H2,1H3. The first-order chi connectivity index (χ1) is 5.39. The van der Waals surface area contributed by atoms with Gasteiger partial charge < -0.3 is 9.47 Å². The molecule has 0 N–H and O–H groups in total. The van der Waals surface area contributed by atoms with Crippen LogP contribution in [0, 0.1) is 0 Å². The Labute approximate surface area is 68.9 Å². The van der Waals surface area contributed by atoms with Gasteiger partial charge in [0.2, 0.25) is 0 Å². The first-order valence-electron chi connectivity index (χ1n) is 4.59. The van der Waals surface area contributed by atoms with E-state index in [1.807, 2.05) is 0 Å². The molecule has 1 fully saturated rings. The van der Waals surface area contributed by atoms with Crippen LogP contribution in [0.4, 0.5) is 0 Å². The maximum atomic E-state index is 5.49. The largest absolute Gasteiger partial charge is 0.379 e. The van der Waals surface area contributed by atoms with Crippen molar-refractivity contribution >= 4 is 0 Å². The minimum absolute atomic E-state index is 0.285. The summed E-state index contributed by atoms with van der Waals surface area (Å²) in [6.07, 6.45) is 5.29. The van der Waals surface area contributed by atoms with E-state index in [9.17, 15) is 0 Å². The molecule has 1 heterocycles. The van der Waals surface area contributed by atoms with Crippen molar-refractivity contribution in [1.82, 2.24) is 0 Å². The van der Waals surface area contributed by atoms with E-state index in [1.165, 1.54) is 25.7 Å². The number of hydrogen-bond acceptors (Lipinski definition) is 2. The van der Waals surface area contributed by atoms with E-state index in [0.29, 0.717) is 0 Å². The van der Waals surface area contributed by atoms with Gasteiger partial charge in [0, 0.05) is 13.2 Å². The van der Waals surface area contributed by atoms with Crippen LogP contribution >= 0.6 is 0 Å². The summed E-state index contributed by atoms with van der Waals surface area (Å²) >= 11 is 0. The summed E-state index contributed by atoms with van der Waals surface area (Å²) in [5, 5.41) is 0. The molecule has 0 bridgehead atoms. The second kappa shape index (κ2) is 5.56. The van der Waals surface area contributed by atoms with Gasteiger partial charge in [0.15, 0.2) is 0 Å². The second-order valence-corrected chi connectivity index (χ2v) is 3.17. The quantitative estimate of drug-likeness (QED) is 0.536. The van der Waals surface area contributed by atoms with Crippen LogP contribution in [0.15, 0.2) is 0 Å². The van der Waals surface area contributed by atoms with Crippen LogP contribution in [0.25, 0.3) is 0 Å². The summed E-state index contributed by atoms with van der Waals surface area (Å²) in [4.78, 5) is 0. The molecule has 1 atom stereocenters. The molecule has 2 nitrogen and oxygen atoms in total. The molecule has 0 aliphatic carbocycles. The van der Waals surface area contributed by atoms with Gasteiger partial charge in [0.05, 0.1) is 12.7 Å². The van der Waals surface area contributed by atoms with Crippen molar-refractivity contribution < 1.29 is 9.47 Å². The summed E-state index contributed by atoms with van der Waals surface area (Å²) < 4.78 is 10.9. The zero-order valence-electron chi connectivity index (χ0n) is 7.34. The molecule has 1 saturated heterocycles. The van der Waals surface area contributed by atoms with E-state index < -0.39 is 0 Å². The Morgan fingerprint density at radius 2 is 1.73 bits per heavy atom. The van der Waals surface area contributed by atoms with Gasteiger partial charge in [-0.2, -0.15) is 0 Å². The lowest BCUT2D eigenvalue weighted by Crippen LogP contribution is -2.18. The first kappa shape index (κ1) is 9.01. The molecule has 0 aromatic carbocycles. The fourth-order valence-electron chi connectivity index (χ4n) is 1.24. The molecular weight excluding hydrogens is 140 g/mol. The van der Waals surface area contributed by atoms with Crippen LogP contribution in [-0.4, -0.2) is 25.9 Å². The predicted octanol–water partition coefficient (Wildman–Crippen LogP) is 1.98. The lowest BCUT2D eigenvalue weighted by Gasteiger charge is -2.15. The lowest BCUT2D eigenvalue weighted by atomic mass is 10.2. The van der Waals surface area contributed by atoms with Crippen molar-refractivity contribution in [1.29, 1.82) is 0 Å². The molecule has 0 aromatic heterocycles. The Balaban J connectivity index is 2.12. The Kier molecular flexibility index (Phi) is 4.55. The Morgan fingerprint density at radius 3 is 2.55 bits per heavy atom. The smallest absolute Gasteiger partial charge is 0.0780 e. The molecule has 0 amide bonds. The van der Waals surface area contributed by atoms with Crippen molar-refractivity contribution in [2.24, 2.45) is 0 Å². The third-order valence-corrected chi connectivity index (χ3v) is 1.94. The molecule has 0 radical (unpaired) electrons. The highest BCUT2D eigenvalue weighted by atomic mass is 16.5. The molecule has 1 rings (SSSR count).